The van der Waals surface area contributed by atoms with E-state index in [1.165, 1.54) is 5.56 Å². The first-order valence-electron chi connectivity index (χ1n) is 7.51. The third-order valence-electron chi connectivity index (χ3n) is 3.82. The molecule has 0 spiro atoms. The molecule has 1 atom stereocenters. The topological polar surface area (TPSA) is 49.6 Å². The van der Waals surface area contributed by atoms with Gasteiger partial charge in [0.15, 0.2) is 0 Å². The summed E-state index contributed by atoms with van der Waals surface area (Å²) in [4.78, 5) is 4.41. The summed E-state index contributed by atoms with van der Waals surface area (Å²) in [5.41, 5.74) is 5.35. The molecule has 22 heavy (non-hydrogen) atoms. The van der Waals surface area contributed by atoms with Crippen molar-refractivity contribution < 1.29 is 5.11 Å². The largest absolute Gasteiger partial charge is 0.387 e. The Morgan fingerprint density at radius 1 is 1.18 bits per heavy atom. The van der Waals surface area contributed by atoms with E-state index in [0.717, 1.165) is 22.5 Å². The van der Waals surface area contributed by atoms with Gasteiger partial charge in [-0.2, -0.15) is 0 Å². The summed E-state index contributed by atoms with van der Waals surface area (Å²) >= 11 is 0. The predicted octanol–water partition coefficient (Wildman–Crippen LogP) is 2.77. The highest BCUT2D eigenvalue weighted by atomic mass is 16.3. The number of imidazole rings is 1. The number of hydrogen-bond donors (Lipinski definition) is 2. The van der Waals surface area contributed by atoms with Crippen LogP contribution in [0.3, 0.4) is 0 Å². The van der Waals surface area contributed by atoms with Gasteiger partial charge >= 0.3 is 0 Å². The van der Waals surface area contributed by atoms with Crippen molar-refractivity contribution in [2.75, 3.05) is 6.54 Å². The van der Waals surface area contributed by atoms with E-state index in [1.807, 2.05) is 43.6 Å². The highest BCUT2D eigenvalue weighted by Gasteiger charge is 2.08. The molecule has 0 amide bonds. The van der Waals surface area contributed by atoms with Crippen molar-refractivity contribution in [3.63, 3.8) is 0 Å². The van der Waals surface area contributed by atoms with Gasteiger partial charge in [0.1, 0.15) is 5.65 Å². The molecule has 3 aromatic rings. The smallest absolute Gasteiger partial charge is 0.137 e. The maximum absolute atomic E-state index is 10.2. The van der Waals surface area contributed by atoms with Crippen molar-refractivity contribution in [1.29, 1.82) is 0 Å². The molecule has 114 valence electrons. The Hall–Kier alpha value is -2.17. The minimum atomic E-state index is -0.499. The predicted molar refractivity (Wildman–Crippen MR) is 87.8 cm³/mol. The lowest BCUT2D eigenvalue weighted by molar-refractivity contribution is 0.174. The summed E-state index contributed by atoms with van der Waals surface area (Å²) < 4.78 is 2.07. The van der Waals surface area contributed by atoms with Crippen LogP contribution in [0.4, 0.5) is 0 Å². The fraction of sp³-hybridized carbons (Fsp3) is 0.278. The second kappa shape index (κ2) is 6.30. The molecule has 1 unspecified atom stereocenters. The van der Waals surface area contributed by atoms with Crippen LogP contribution in [0.1, 0.15) is 28.5 Å². The average molecular weight is 295 g/mol. The number of aromatic nitrogens is 2. The zero-order valence-corrected chi connectivity index (χ0v) is 13.0. The number of benzene rings is 1. The minimum absolute atomic E-state index is 0.499. The Kier molecular flexibility index (Phi) is 4.22. The second-order valence-electron chi connectivity index (χ2n) is 5.74. The maximum Gasteiger partial charge on any atom is 0.137 e. The first-order valence-corrected chi connectivity index (χ1v) is 7.51. The molecule has 0 aliphatic heterocycles. The van der Waals surface area contributed by atoms with Crippen LogP contribution in [0.2, 0.25) is 0 Å². The Labute approximate surface area is 130 Å². The SMILES string of the molecule is Cc1cccc(C(O)CNCc2cnc3cc(C)ccn23)c1. The summed E-state index contributed by atoms with van der Waals surface area (Å²) in [5, 5.41) is 13.5. The number of aliphatic hydroxyl groups excluding tert-OH is 1. The highest BCUT2D eigenvalue weighted by molar-refractivity contribution is 5.42. The molecule has 4 heteroatoms. The fourth-order valence-corrected chi connectivity index (χ4v) is 2.60. The van der Waals surface area contributed by atoms with Crippen LogP contribution in [0.15, 0.2) is 48.8 Å². The molecule has 2 N–H and O–H groups in total. The molecule has 0 fully saturated rings. The lowest BCUT2D eigenvalue weighted by Gasteiger charge is -2.12. The molecule has 3 rings (SSSR count). The van der Waals surface area contributed by atoms with Gasteiger partial charge in [-0.3, -0.25) is 0 Å². The normalized spacial score (nSPS) is 12.7. The van der Waals surface area contributed by atoms with Gasteiger partial charge in [0.2, 0.25) is 0 Å². The molecule has 0 radical (unpaired) electrons. The third-order valence-corrected chi connectivity index (χ3v) is 3.82. The van der Waals surface area contributed by atoms with Crippen LogP contribution >= 0.6 is 0 Å². The van der Waals surface area contributed by atoms with Crippen LogP contribution in [0.25, 0.3) is 5.65 Å². The number of rotatable bonds is 5. The number of fused-ring (bicyclic) bond motifs is 1. The van der Waals surface area contributed by atoms with Gasteiger partial charge in [0, 0.05) is 19.3 Å². The van der Waals surface area contributed by atoms with Crippen molar-refractivity contribution >= 4 is 5.65 Å². The summed E-state index contributed by atoms with van der Waals surface area (Å²) in [5.74, 6) is 0. The van der Waals surface area contributed by atoms with Crippen LogP contribution in [0, 0.1) is 13.8 Å². The van der Waals surface area contributed by atoms with E-state index in [9.17, 15) is 5.11 Å². The van der Waals surface area contributed by atoms with Crippen molar-refractivity contribution in [2.24, 2.45) is 0 Å². The zero-order valence-electron chi connectivity index (χ0n) is 13.0. The molecule has 0 aliphatic carbocycles. The van der Waals surface area contributed by atoms with Gasteiger partial charge < -0.3 is 14.8 Å². The van der Waals surface area contributed by atoms with Gasteiger partial charge in [0.25, 0.3) is 0 Å². The number of nitrogens with one attached hydrogen (secondary N) is 1. The van der Waals surface area contributed by atoms with Crippen molar-refractivity contribution in [1.82, 2.24) is 14.7 Å². The van der Waals surface area contributed by atoms with Crippen LogP contribution in [-0.4, -0.2) is 21.0 Å². The maximum atomic E-state index is 10.2. The van der Waals surface area contributed by atoms with E-state index in [1.54, 1.807) is 0 Å². The van der Waals surface area contributed by atoms with Crippen molar-refractivity contribution in [3.8, 4) is 0 Å². The number of pyridine rings is 1. The standard InChI is InChI=1S/C18H21N3O/c1-13-4-3-5-15(8-13)17(22)12-19-10-16-11-20-18-9-14(2)6-7-21(16)18/h3-9,11,17,19,22H,10,12H2,1-2H3. The lowest BCUT2D eigenvalue weighted by atomic mass is 10.1. The van der Waals surface area contributed by atoms with Crippen LogP contribution < -0.4 is 5.32 Å². The first kappa shape index (κ1) is 14.8. The quantitative estimate of drug-likeness (QED) is 0.761. The molecule has 1 aromatic carbocycles. The van der Waals surface area contributed by atoms with E-state index in [4.69, 9.17) is 0 Å². The Morgan fingerprint density at radius 3 is 2.82 bits per heavy atom. The summed E-state index contributed by atoms with van der Waals surface area (Å²) in [6, 6.07) is 12.1. The fourth-order valence-electron chi connectivity index (χ4n) is 2.60. The van der Waals surface area contributed by atoms with E-state index >= 15 is 0 Å². The van der Waals surface area contributed by atoms with Crippen molar-refractivity contribution in [2.45, 2.75) is 26.5 Å². The lowest BCUT2D eigenvalue weighted by Crippen LogP contribution is -2.21. The zero-order chi connectivity index (χ0) is 15.5. The monoisotopic (exact) mass is 295 g/mol. The van der Waals surface area contributed by atoms with Crippen LogP contribution in [0.5, 0.6) is 0 Å². The Balaban J connectivity index is 1.62. The van der Waals surface area contributed by atoms with E-state index in [0.29, 0.717) is 13.1 Å². The van der Waals surface area contributed by atoms with Crippen LogP contribution in [-0.2, 0) is 6.54 Å². The Bertz CT molecular complexity index is 779. The molecule has 2 heterocycles. The minimum Gasteiger partial charge on any atom is -0.387 e. The average Bonchev–Trinajstić information content (AvgIpc) is 2.89. The van der Waals surface area contributed by atoms with E-state index in [-0.39, 0.29) is 0 Å². The Morgan fingerprint density at radius 2 is 2.00 bits per heavy atom. The molecular formula is C18H21N3O. The second-order valence-corrected chi connectivity index (χ2v) is 5.74. The molecule has 4 nitrogen and oxygen atoms in total. The van der Waals surface area contributed by atoms with Crippen molar-refractivity contribution in [3.05, 3.63) is 71.2 Å². The summed E-state index contributed by atoms with van der Waals surface area (Å²) in [6.07, 6.45) is 3.41. The number of aliphatic hydroxyl groups is 1. The molecule has 0 aliphatic rings. The molecular weight excluding hydrogens is 274 g/mol. The molecule has 2 aromatic heterocycles. The third kappa shape index (κ3) is 3.18. The molecule has 0 bridgehead atoms. The van der Waals surface area contributed by atoms with Gasteiger partial charge in [-0.05, 0) is 37.1 Å². The van der Waals surface area contributed by atoms with E-state index in [2.05, 4.69) is 33.8 Å². The first-order chi connectivity index (χ1) is 10.6. The number of aryl methyl sites for hydroxylation is 2. The van der Waals surface area contributed by atoms with E-state index < -0.39 is 6.10 Å². The molecule has 0 saturated heterocycles. The molecule has 0 saturated carbocycles. The highest BCUT2D eigenvalue weighted by Crippen LogP contribution is 2.14. The number of hydrogen-bond acceptors (Lipinski definition) is 3. The number of nitrogens with zero attached hydrogens (tertiary/aromatic N) is 2. The van der Waals surface area contributed by atoms with Gasteiger partial charge in [-0.15, -0.1) is 0 Å². The van der Waals surface area contributed by atoms with Gasteiger partial charge in [0.05, 0.1) is 18.0 Å². The summed E-state index contributed by atoms with van der Waals surface area (Å²) in [7, 11) is 0. The van der Waals surface area contributed by atoms with Gasteiger partial charge in [-0.1, -0.05) is 29.8 Å². The summed E-state index contributed by atoms with van der Waals surface area (Å²) in [6.45, 7) is 5.28. The van der Waals surface area contributed by atoms with Gasteiger partial charge in [-0.25, -0.2) is 4.98 Å².